The molecule has 6 nitrogen and oxygen atoms in total. The van der Waals surface area contributed by atoms with Crippen LogP contribution < -0.4 is 14.4 Å². The van der Waals surface area contributed by atoms with Gasteiger partial charge in [-0.15, -0.1) is 0 Å². The van der Waals surface area contributed by atoms with Crippen LogP contribution in [0.15, 0.2) is 42.5 Å². The molecule has 0 aliphatic carbocycles. The van der Waals surface area contributed by atoms with Crippen molar-refractivity contribution in [3.05, 3.63) is 59.2 Å². The molecule has 7 heteroatoms. The Morgan fingerprint density at radius 2 is 1.86 bits per heavy atom. The first-order valence-electron chi connectivity index (χ1n) is 9.58. The second-order valence-electron chi connectivity index (χ2n) is 8.34. The van der Waals surface area contributed by atoms with Gasteiger partial charge in [-0.3, -0.25) is 9.10 Å². The second kappa shape index (κ2) is 7.71. The summed E-state index contributed by atoms with van der Waals surface area (Å²) in [6.07, 6.45) is 1.71. The number of aryl methyl sites for hydroxylation is 2. The van der Waals surface area contributed by atoms with Gasteiger partial charge in [0.25, 0.3) is 0 Å². The number of carbonyl (C=O) groups excluding carboxylic acids is 1. The fourth-order valence-corrected chi connectivity index (χ4v) is 4.50. The van der Waals surface area contributed by atoms with Gasteiger partial charge in [0.1, 0.15) is 17.9 Å². The summed E-state index contributed by atoms with van der Waals surface area (Å²) >= 11 is 0. The van der Waals surface area contributed by atoms with Crippen molar-refractivity contribution >= 4 is 21.6 Å². The fraction of sp³-hybridized carbons (Fsp3) is 0.409. The van der Waals surface area contributed by atoms with Crippen LogP contribution in [0.1, 0.15) is 43.0 Å². The van der Waals surface area contributed by atoms with Crippen molar-refractivity contribution in [3.63, 3.8) is 0 Å². The zero-order chi connectivity index (χ0) is 21.4. The molecule has 0 aromatic heterocycles. The number of hydrogen-bond donors (Lipinski definition) is 1. The van der Waals surface area contributed by atoms with Gasteiger partial charge in [0.2, 0.25) is 15.9 Å². The number of ether oxygens (including phenoxy) is 1. The molecular weight excluding hydrogens is 388 g/mol. The minimum absolute atomic E-state index is 0.250. The normalized spacial score (nSPS) is 17.8. The third-order valence-corrected chi connectivity index (χ3v) is 6.08. The maximum atomic E-state index is 12.9. The number of nitrogens with zero attached hydrogens (tertiary/aromatic N) is 1. The van der Waals surface area contributed by atoms with E-state index in [4.69, 9.17) is 4.74 Å². The Kier molecular flexibility index (Phi) is 5.63. The summed E-state index contributed by atoms with van der Waals surface area (Å²) in [5, 5.41) is 3.02. The highest BCUT2D eigenvalue weighted by Crippen LogP contribution is 2.39. The fourth-order valence-electron chi connectivity index (χ4n) is 3.66. The van der Waals surface area contributed by atoms with Crippen molar-refractivity contribution in [2.75, 3.05) is 17.1 Å². The van der Waals surface area contributed by atoms with Crippen LogP contribution in [-0.2, 0) is 14.8 Å². The van der Waals surface area contributed by atoms with E-state index in [1.54, 1.807) is 18.2 Å². The van der Waals surface area contributed by atoms with E-state index in [0.29, 0.717) is 12.1 Å². The molecule has 0 radical (unpaired) electrons. The van der Waals surface area contributed by atoms with Crippen molar-refractivity contribution < 1.29 is 17.9 Å². The van der Waals surface area contributed by atoms with Crippen molar-refractivity contribution in [3.8, 4) is 5.75 Å². The van der Waals surface area contributed by atoms with Gasteiger partial charge < -0.3 is 10.1 Å². The molecule has 1 aliphatic heterocycles. The van der Waals surface area contributed by atoms with Gasteiger partial charge in [-0.25, -0.2) is 8.42 Å². The molecule has 1 N–H and O–H groups in total. The standard InChI is InChI=1S/C22H28N2O4S/c1-15-7-6-8-17(11-15)24(29(5,26)27)14-21(25)23-19-13-22(3,4)28-20-10-9-16(2)12-18(19)20/h6-12,19H,13-14H2,1-5H3,(H,23,25)/t19-/m1/s1. The van der Waals surface area contributed by atoms with Gasteiger partial charge in [0, 0.05) is 12.0 Å². The van der Waals surface area contributed by atoms with Crippen molar-refractivity contribution in [1.82, 2.24) is 5.32 Å². The summed E-state index contributed by atoms with van der Waals surface area (Å²) in [4.78, 5) is 12.9. The number of carbonyl (C=O) groups is 1. The summed E-state index contributed by atoms with van der Waals surface area (Å²) in [6.45, 7) is 7.55. The predicted octanol–water partition coefficient (Wildman–Crippen LogP) is 3.49. The Morgan fingerprint density at radius 1 is 1.17 bits per heavy atom. The molecule has 156 valence electrons. The smallest absolute Gasteiger partial charge is 0.241 e. The molecule has 2 aromatic carbocycles. The van der Waals surface area contributed by atoms with Gasteiger partial charge >= 0.3 is 0 Å². The third kappa shape index (κ3) is 5.09. The molecule has 2 aromatic rings. The van der Waals surface area contributed by atoms with Crippen LogP contribution >= 0.6 is 0 Å². The topological polar surface area (TPSA) is 75.7 Å². The summed E-state index contributed by atoms with van der Waals surface area (Å²) in [5.41, 5.74) is 2.95. The average molecular weight is 417 g/mol. The highest BCUT2D eigenvalue weighted by molar-refractivity contribution is 7.92. The van der Waals surface area contributed by atoms with E-state index in [-0.39, 0.29) is 18.5 Å². The third-order valence-electron chi connectivity index (χ3n) is 4.94. The molecule has 3 rings (SSSR count). The monoisotopic (exact) mass is 416 g/mol. The van der Waals surface area contributed by atoms with Crippen molar-refractivity contribution in [2.45, 2.75) is 45.8 Å². The quantitative estimate of drug-likeness (QED) is 0.810. The Hall–Kier alpha value is -2.54. The van der Waals surface area contributed by atoms with Crippen molar-refractivity contribution in [2.24, 2.45) is 0 Å². The Morgan fingerprint density at radius 3 is 2.52 bits per heavy atom. The van der Waals surface area contributed by atoms with Crippen LogP contribution in [0, 0.1) is 13.8 Å². The van der Waals surface area contributed by atoms with Crippen molar-refractivity contribution in [1.29, 1.82) is 0 Å². The lowest BCUT2D eigenvalue weighted by molar-refractivity contribution is -0.120. The molecule has 1 atom stereocenters. The molecule has 1 aliphatic rings. The first-order chi connectivity index (χ1) is 13.4. The number of sulfonamides is 1. The number of fused-ring (bicyclic) bond motifs is 1. The molecule has 0 unspecified atom stereocenters. The van der Waals surface area contributed by atoms with Gasteiger partial charge in [-0.2, -0.15) is 0 Å². The Balaban J connectivity index is 1.85. The number of benzene rings is 2. The molecular formula is C22H28N2O4S. The number of anilines is 1. The number of hydrogen-bond acceptors (Lipinski definition) is 4. The minimum atomic E-state index is -3.61. The lowest BCUT2D eigenvalue weighted by Gasteiger charge is -2.38. The predicted molar refractivity (Wildman–Crippen MR) is 115 cm³/mol. The zero-order valence-corrected chi connectivity index (χ0v) is 18.3. The SMILES string of the molecule is Cc1cccc(N(CC(=O)N[C@@H]2CC(C)(C)Oc3ccc(C)cc32)S(C)(=O)=O)c1. The van der Waals surface area contributed by atoms with E-state index in [2.05, 4.69) is 5.32 Å². The summed E-state index contributed by atoms with van der Waals surface area (Å²) < 4.78 is 31.9. The molecule has 0 saturated carbocycles. The van der Waals surface area contributed by atoms with E-state index >= 15 is 0 Å². The summed E-state index contributed by atoms with van der Waals surface area (Å²) in [6, 6.07) is 12.8. The number of amides is 1. The molecule has 1 heterocycles. The maximum absolute atomic E-state index is 12.9. The molecule has 0 fully saturated rings. The van der Waals surface area contributed by atoms with E-state index in [1.807, 2.05) is 52.0 Å². The number of nitrogens with one attached hydrogen (secondary N) is 1. The van der Waals surface area contributed by atoms with Crippen LogP contribution in [0.5, 0.6) is 5.75 Å². The highest BCUT2D eigenvalue weighted by atomic mass is 32.2. The van der Waals surface area contributed by atoms with Crippen LogP contribution in [0.4, 0.5) is 5.69 Å². The molecule has 1 amide bonds. The van der Waals surface area contributed by atoms with E-state index < -0.39 is 15.6 Å². The first kappa shape index (κ1) is 21.2. The summed E-state index contributed by atoms with van der Waals surface area (Å²) in [7, 11) is -3.61. The lowest BCUT2D eigenvalue weighted by atomic mass is 9.89. The van der Waals surface area contributed by atoms with Crippen LogP contribution in [0.25, 0.3) is 0 Å². The molecule has 29 heavy (non-hydrogen) atoms. The Labute approximate surface area is 172 Å². The van der Waals surface area contributed by atoms with Gasteiger partial charge in [-0.05, 0) is 51.5 Å². The summed E-state index contributed by atoms with van der Waals surface area (Å²) in [5.74, 6) is 0.392. The number of rotatable bonds is 5. The van der Waals surface area contributed by atoms with E-state index in [1.165, 1.54) is 0 Å². The van der Waals surface area contributed by atoms with E-state index in [0.717, 1.165) is 33.0 Å². The lowest BCUT2D eigenvalue weighted by Crippen LogP contribution is -2.45. The Bertz CT molecular complexity index is 1030. The molecule has 0 bridgehead atoms. The maximum Gasteiger partial charge on any atom is 0.241 e. The van der Waals surface area contributed by atoms with Gasteiger partial charge in [-0.1, -0.05) is 29.8 Å². The van der Waals surface area contributed by atoms with Gasteiger partial charge in [0.05, 0.1) is 18.0 Å². The molecule has 0 saturated heterocycles. The van der Waals surface area contributed by atoms with Crippen LogP contribution in [-0.4, -0.2) is 32.7 Å². The highest BCUT2D eigenvalue weighted by Gasteiger charge is 2.35. The van der Waals surface area contributed by atoms with Crippen LogP contribution in [0.3, 0.4) is 0 Å². The first-order valence-corrected chi connectivity index (χ1v) is 11.4. The average Bonchev–Trinajstić information content (AvgIpc) is 2.58. The van der Waals surface area contributed by atoms with Crippen LogP contribution in [0.2, 0.25) is 0 Å². The van der Waals surface area contributed by atoms with E-state index in [9.17, 15) is 13.2 Å². The second-order valence-corrected chi connectivity index (χ2v) is 10.2. The zero-order valence-electron chi connectivity index (χ0n) is 17.5. The molecule has 0 spiro atoms. The largest absolute Gasteiger partial charge is 0.487 e. The van der Waals surface area contributed by atoms with Gasteiger partial charge in [0.15, 0.2) is 0 Å². The minimum Gasteiger partial charge on any atom is -0.487 e.